The van der Waals surface area contributed by atoms with E-state index in [9.17, 15) is 5.11 Å². The molecular formula is C21H32O2. The number of rotatable bonds is 4. The summed E-state index contributed by atoms with van der Waals surface area (Å²) in [6.07, 6.45) is -0.874. The van der Waals surface area contributed by atoms with Gasteiger partial charge in [-0.2, -0.15) is 0 Å². The first-order valence-electron chi connectivity index (χ1n) is 8.59. The molecule has 0 spiro atoms. The lowest BCUT2D eigenvalue weighted by Crippen LogP contribution is -2.05. The van der Waals surface area contributed by atoms with Crippen molar-refractivity contribution in [1.82, 2.24) is 0 Å². The Morgan fingerprint density at radius 1 is 0.870 bits per heavy atom. The fraction of sp³-hybridized carbons (Fsp3) is 0.429. The summed E-state index contributed by atoms with van der Waals surface area (Å²) in [5.74, 6) is 0. The predicted molar refractivity (Wildman–Crippen MR) is 101 cm³/mol. The Morgan fingerprint density at radius 2 is 1.39 bits per heavy atom. The van der Waals surface area contributed by atoms with E-state index in [0.29, 0.717) is 6.61 Å². The average Bonchev–Trinajstić information content (AvgIpc) is 2.59. The zero-order valence-corrected chi connectivity index (χ0v) is 15.7. The average molecular weight is 316 g/mol. The molecule has 2 rings (SSSR count). The highest BCUT2D eigenvalue weighted by Gasteiger charge is 2.13. The number of aliphatic hydroxyl groups is 1. The van der Waals surface area contributed by atoms with Crippen LogP contribution >= 0.6 is 0 Å². The predicted octanol–water partition coefficient (Wildman–Crippen LogP) is 6.05. The van der Waals surface area contributed by atoms with Crippen molar-refractivity contribution in [3.05, 3.63) is 59.2 Å². The van der Waals surface area contributed by atoms with Gasteiger partial charge in [0, 0.05) is 12.2 Å². The molecule has 0 radical (unpaired) electrons. The van der Waals surface area contributed by atoms with Crippen LogP contribution in [0, 0.1) is 13.8 Å². The number of hydrogen-bond acceptors (Lipinski definition) is 2. The van der Waals surface area contributed by atoms with E-state index in [1.54, 1.807) is 0 Å². The minimum Gasteiger partial charge on any atom is -0.364 e. The van der Waals surface area contributed by atoms with Crippen LogP contribution in [-0.4, -0.2) is 11.7 Å². The highest BCUT2D eigenvalue weighted by Crippen LogP contribution is 2.30. The quantitative estimate of drug-likeness (QED) is 0.696. The molecule has 0 bridgehead atoms. The largest absolute Gasteiger partial charge is 0.364 e. The van der Waals surface area contributed by atoms with Crippen LogP contribution in [0.5, 0.6) is 0 Å². The third-order valence-corrected chi connectivity index (χ3v) is 3.16. The summed E-state index contributed by atoms with van der Waals surface area (Å²) in [7, 11) is 0. The first-order chi connectivity index (χ1) is 11.1. The molecule has 1 N–H and O–H groups in total. The molecule has 1 unspecified atom stereocenters. The second-order valence-corrected chi connectivity index (χ2v) is 4.76. The SMILES string of the molecule is CC.CC.CCOC(O)c1cc(C)ccc1-c1ccc(C)cc1. The van der Waals surface area contributed by atoms with Gasteiger partial charge in [0.05, 0.1) is 0 Å². The van der Waals surface area contributed by atoms with E-state index in [0.717, 1.165) is 22.3 Å². The van der Waals surface area contributed by atoms with Crippen LogP contribution in [0.2, 0.25) is 0 Å². The first kappa shape index (κ1) is 21.4. The summed E-state index contributed by atoms with van der Waals surface area (Å²) in [6, 6.07) is 14.4. The van der Waals surface area contributed by atoms with Crippen molar-refractivity contribution >= 4 is 0 Å². The van der Waals surface area contributed by atoms with E-state index >= 15 is 0 Å². The standard InChI is InChI=1S/C17H20O2.2C2H6/c1-4-19-17(18)16-11-13(3)7-10-15(16)14-8-5-12(2)6-9-14;2*1-2/h5-11,17-18H,4H2,1-3H3;2*1-2H3. The van der Waals surface area contributed by atoms with Gasteiger partial charge in [0.1, 0.15) is 0 Å². The highest BCUT2D eigenvalue weighted by molar-refractivity contribution is 5.68. The molecule has 0 saturated heterocycles. The monoisotopic (exact) mass is 316 g/mol. The normalized spacial score (nSPS) is 10.8. The van der Waals surface area contributed by atoms with Gasteiger partial charge in [0.15, 0.2) is 6.29 Å². The van der Waals surface area contributed by atoms with Gasteiger partial charge < -0.3 is 9.84 Å². The van der Waals surface area contributed by atoms with Gasteiger partial charge in [-0.25, -0.2) is 0 Å². The van der Waals surface area contributed by atoms with Crippen LogP contribution in [0.4, 0.5) is 0 Å². The van der Waals surface area contributed by atoms with Crippen LogP contribution in [0.1, 0.15) is 57.6 Å². The molecule has 1 atom stereocenters. The lowest BCUT2D eigenvalue weighted by atomic mass is 9.97. The lowest BCUT2D eigenvalue weighted by molar-refractivity contribution is -0.0976. The van der Waals surface area contributed by atoms with E-state index in [2.05, 4.69) is 37.3 Å². The van der Waals surface area contributed by atoms with Crippen molar-refractivity contribution in [3.8, 4) is 11.1 Å². The smallest absolute Gasteiger partial charge is 0.181 e. The molecule has 0 aliphatic heterocycles. The molecule has 23 heavy (non-hydrogen) atoms. The molecule has 0 saturated carbocycles. The van der Waals surface area contributed by atoms with E-state index in [1.165, 1.54) is 5.56 Å². The summed E-state index contributed by atoms with van der Waals surface area (Å²) >= 11 is 0. The Bertz CT molecular complexity index is 544. The van der Waals surface area contributed by atoms with Crippen LogP contribution in [0.15, 0.2) is 42.5 Å². The molecule has 0 amide bonds. The number of ether oxygens (including phenoxy) is 1. The summed E-state index contributed by atoms with van der Waals surface area (Å²) < 4.78 is 5.32. The van der Waals surface area contributed by atoms with Gasteiger partial charge in [0.2, 0.25) is 0 Å². The van der Waals surface area contributed by atoms with Gasteiger partial charge in [-0.1, -0.05) is 81.3 Å². The van der Waals surface area contributed by atoms with Crippen LogP contribution in [0.25, 0.3) is 11.1 Å². The fourth-order valence-electron chi connectivity index (χ4n) is 2.13. The molecule has 2 heteroatoms. The molecular weight excluding hydrogens is 284 g/mol. The summed E-state index contributed by atoms with van der Waals surface area (Å²) in [5, 5.41) is 10.1. The number of benzene rings is 2. The van der Waals surface area contributed by atoms with Crippen molar-refractivity contribution in [2.24, 2.45) is 0 Å². The summed E-state index contributed by atoms with van der Waals surface area (Å²) in [6.45, 7) is 14.4. The number of aryl methyl sites for hydroxylation is 2. The maximum absolute atomic E-state index is 10.1. The van der Waals surface area contributed by atoms with Crippen LogP contribution in [0.3, 0.4) is 0 Å². The van der Waals surface area contributed by atoms with Crippen molar-refractivity contribution in [2.75, 3.05) is 6.61 Å². The minimum atomic E-state index is -0.874. The van der Waals surface area contributed by atoms with Crippen LogP contribution in [-0.2, 0) is 4.74 Å². The zero-order chi connectivity index (χ0) is 17.8. The molecule has 0 aliphatic carbocycles. The second-order valence-electron chi connectivity index (χ2n) is 4.76. The second kappa shape index (κ2) is 11.9. The first-order valence-corrected chi connectivity index (χ1v) is 8.59. The van der Waals surface area contributed by atoms with Gasteiger partial charge in [0.25, 0.3) is 0 Å². The highest BCUT2D eigenvalue weighted by atomic mass is 16.6. The van der Waals surface area contributed by atoms with Crippen molar-refractivity contribution in [3.63, 3.8) is 0 Å². The topological polar surface area (TPSA) is 29.5 Å². The van der Waals surface area contributed by atoms with Gasteiger partial charge in [-0.3, -0.25) is 0 Å². The number of hydrogen-bond donors (Lipinski definition) is 1. The Hall–Kier alpha value is -1.64. The summed E-state index contributed by atoms with van der Waals surface area (Å²) in [5.41, 5.74) is 5.28. The molecule has 0 heterocycles. The van der Waals surface area contributed by atoms with Crippen molar-refractivity contribution < 1.29 is 9.84 Å². The number of aliphatic hydroxyl groups excluding tert-OH is 1. The minimum absolute atomic E-state index is 0.489. The molecule has 0 aliphatic rings. The van der Waals surface area contributed by atoms with E-state index < -0.39 is 6.29 Å². The van der Waals surface area contributed by atoms with Crippen molar-refractivity contribution in [2.45, 2.75) is 54.8 Å². The molecule has 2 aromatic rings. The zero-order valence-electron chi connectivity index (χ0n) is 15.7. The maximum Gasteiger partial charge on any atom is 0.181 e. The Labute approximate surface area is 142 Å². The summed E-state index contributed by atoms with van der Waals surface area (Å²) in [4.78, 5) is 0. The lowest BCUT2D eigenvalue weighted by Gasteiger charge is -2.16. The van der Waals surface area contributed by atoms with E-state index in [-0.39, 0.29) is 0 Å². The third-order valence-electron chi connectivity index (χ3n) is 3.16. The molecule has 2 nitrogen and oxygen atoms in total. The van der Waals surface area contributed by atoms with Crippen LogP contribution < -0.4 is 0 Å². The molecule has 2 aromatic carbocycles. The molecule has 0 aromatic heterocycles. The van der Waals surface area contributed by atoms with Crippen molar-refractivity contribution in [1.29, 1.82) is 0 Å². The Morgan fingerprint density at radius 3 is 1.91 bits per heavy atom. The Balaban J connectivity index is 0.00000112. The fourth-order valence-corrected chi connectivity index (χ4v) is 2.13. The van der Waals surface area contributed by atoms with Gasteiger partial charge >= 0.3 is 0 Å². The Kier molecular flexibility index (Phi) is 11.0. The maximum atomic E-state index is 10.1. The molecule has 128 valence electrons. The van der Waals surface area contributed by atoms with Gasteiger partial charge in [-0.15, -0.1) is 0 Å². The van der Waals surface area contributed by atoms with E-state index in [4.69, 9.17) is 4.74 Å². The van der Waals surface area contributed by atoms with Gasteiger partial charge in [-0.05, 0) is 31.9 Å². The third kappa shape index (κ3) is 6.55. The van der Waals surface area contributed by atoms with E-state index in [1.807, 2.05) is 53.7 Å². The molecule has 0 fully saturated rings.